The van der Waals surface area contributed by atoms with E-state index in [4.69, 9.17) is 9.72 Å². The number of rotatable bonds is 6. The van der Waals surface area contributed by atoms with Gasteiger partial charge in [-0.25, -0.2) is 4.98 Å². The Morgan fingerprint density at radius 3 is 2.90 bits per heavy atom. The molecule has 21 heavy (non-hydrogen) atoms. The number of imidazole rings is 1. The Balaban J connectivity index is 1.67. The average molecular weight is 291 g/mol. The predicted octanol–water partition coefficient (Wildman–Crippen LogP) is 1.75. The van der Waals surface area contributed by atoms with Crippen molar-refractivity contribution in [1.29, 1.82) is 0 Å². The van der Waals surface area contributed by atoms with Gasteiger partial charge in [-0.3, -0.25) is 4.79 Å². The van der Waals surface area contributed by atoms with Crippen LogP contribution >= 0.6 is 0 Å². The SMILES string of the molecule is COC(=O)C(CCn1c(C)nc2c1CCCC2)NC1CC1. The van der Waals surface area contributed by atoms with Gasteiger partial charge in [0.2, 0.25) is 0 Å². The molecular formula is C16H25N3O2. The van der Waals surface area contributed by atoms with Crippen molar-refractivity contribution < 1.29 is 9.53 Å². The fourth-order valence-electron chi connectivity index (χ4n) is 3.24. The van der Waals surface area contributed by atoms with Gasteiger partial charge in [-0.05, 0) is 51.9 Å². The van der Waals surface area contributed by atoms with E-state index in [-0.39, 0.29) is 12.0 Å². The van der Waals surface area contributed by atoms with Crippen LogP contribution in [0.25, 0.3) is 0 Å². The van der Waals surface area contributed by atoms with Gasteiger partial charge >= 0.3 is 5.97 Å². The molecule has 2 aliphatic rings. The van der Waals surface area contributed by atoms with E-state index in [0.29, 0.717) is 6.04 Å². The van der Waals surface area contributed by atoms with Crippen LogP contribution in [-0.2, 0) is 28.9 Å². The largest absolute Gasteiger partial charge is 0.468 e. The highest BCUT2D eigenvalue weighted by Crippen LogP contribution is 2.23. The molecule has 0 bridgehead atoms. The molecule has 116 valence electrons. The van der Waals surface area contributed by atoms with Gasteiger partial charge in [-0.15, -0.1) is 0 Å². The summed E-state index contributed by atoms with van der Waals surface area (Å²) >= 11 is 0. The third-order valence-electron chi connectivity index (χ3n) is 4.56. The van der Waals surface area contributed by atoms with Gasteiger partial charge in [0.25, 0.3) is 0 Å². The van der Waals surface area contributed by atoms with Gasteiger partial charge in [-0.2, -0.15) is 0 Å². The zero-order valence-corrected chi connectivity index (χ0v) is 13.0. The summed E-state index contributed by atoms with van der Waals surface area (Å²) in [4.78, 5) is 16.6. The fourth-order valence-corrected chi connectivity index (χ4v) is 3.24. The Kier molecular flexibility index (Phi) is 4.29. The summed E-state index contributed by atoms with van der Waals surface area (Å²) < 4.78 is 7.23. The minimum atomic E-state index is -0.191. The van der Waals surface area contributed by atoms with E-state index in [1.807, 2.05) is 0 Å². The van der Waals surface area contributed by atoms with Crippen molar-refractivity contribution in [1.82, 2.24) is 14.9 Å². The number of esters is 1. The first-order chi connectivity index (χ1) is 10.2. The van der Waals surface area contributed by atoms with Gasteiger partial charge in [0.05, 0.1) is 12.8 Å². The highest BCUT2D eigenvalue weighted by atomic mass is 16.5. The Morgan fingerprint density at radius 2 is 2.19 bits per heavy atom. The van der Waals surface area contributed by atoms with Crippen LogP contribution in [-0.4, -0.2) is 34.7 Å². The summed E-state index contributed by atoms with van der Waals surface area (Å²) in [6.45, 7) is 2.91. The highest BCUT2D eigenvalue weighted by Gasteiger charge is 2.29. The molecule has 1 atom stereocenters. The lowest BCUT2D eigenvalue weighted by molar-refractivity contribution is -0.143. The molecule has 1 fully saturated rings. The number of fused-ring (bicyclic) bond motifs is 1. The van der Waals surface area contributed by atoms with Crippen molar-refractivity contribution in [2.45, 2.75) is 70.5 Å². The molecule has 1 heterocycles. The van der Waals surface area contributed by atoms with E-state index in [9.17, 15) is 4.79 Å². The number of hydrogen-bond acceptors (Lipinski definition) is 4. The summed E-state index contributed by atoms with van der Waals surface area (Å²) in [6, 6.07) is 0.315. The Labute approximate surface area is 126 Å². The molecule has 5 nitrogen and oxygen atoms in total. The second-order valence-electron chi connectivity index (χ2n) is 6.22. The van der Waals surface area contributed by atoms with Gasteiger partial charge in [-0.1, -0.05) is 0 Å². The molecule has 0 aliphatic heterocycles. The minimum absolute atomic E-state index is 0.145. The van der Waals surface area contributed by atoms with E-state index in [1.165, 1.54) is 44.2 Å². The summed E-state index contributed by atoms with van der Waals surface area (Å²) in [7, 11) is 1.47. The molecule has 1 unspecified atom stereocenters. The first-order valence-electron chi connectivity index (χ1n) is 8.08. The van der Waals surface area contributed by atoms with E-state index >= 15 is 0 Å². The number of aryl methyl sites for hydroxylation is 2. The molecule has 1 N–H and O–H groups in total. The maximum Gasteiger partial charge on any atom is 0.322 e. The fraction of sp³-hybridized carbons (Fsp3) is 0.750. The summed E-state index contributed by atoms with van der Waals surface area (Å²) in [5, 5.41) is 3.40. The lowest BCUT2D eigenvalue weighted by Crippen LogP contribution is -2.39. The van der Waals surface area contributed by atoms with Crippen molar-refractivity contribution in [3.63, 3.8) is 0 Å². The normalized spacial score (nSPS) is 19.1. The van der Waals surface area contributed by atoms with Crippen LogP contribution in [0.1, 0.15) is 49.3 Å². The van der Waals surface area contributed by atoms with Crippen LogP contribution < -0.4 is 5.32 Å². The molecule has 0 aromatic carbocycles. The molecular weight excluding hydrogens is 266 g/mol. The van der Waals surface area contributed by atoms with Crippen molar-refractivity contribution in [3.05, 3.63) is 17.2 Å². The third kappa shape index (κ3) is 3.28. The van der Waals surface area contributed by atoms with Gasteiger partial charge in [0, 0.05) is 18.3 Å². The number of carbonyl (C=O) groups excluding carboxylic acids is 1. The van der Waals surface area contributed by atoms with E-state index in [1.54, 1.807) is 0 Å². The second kappa shape index (κ2) is 6.18. The van der Waals surface area contributed by atoms with Crippen LogP contribution in [0.15, 0.2) is 0 Å². The van der Waals surface area contributed by atoms with Crippen molar-refractivity contribution in [3.8, 4) is 0 Å². The molecule has 1 aromatic rings. The zero-order valence-electron chi connectivity index (χ0n) is 13.0. The number of nitrogens with one attached hydrogen (secondary N) is 1. The van der Waals surface area contributed by atoms with E-state index in [2.05, 4.69) is 16.8 Å². The molecule has 2 aliphatic carbocycles. The van der Waals surface area contributed by atoms with Crippen LogP contribution in [0, 0.1) is 6.92 Å². The third-order valence-corrected chi connectivity index (χ3v) is 4.56. The van der Waals surface area contributed by atoms with Crippen molar-refractivity contribution in [2.75, 3.05) is 7.11 Å². The number of nitrogens with zero attached hydrogens (tertiary/aromatic N) is 2. The molecule has 3 rings (SSSR count). The van der Waals surface area contributed by atoms with E-state index in [0.717, 1.165) is 31.6 Å². The molecule has 0 saturated heterocycles. The van der Waals surface area contributed by atoms with Gasteiger partial charge in [0.15, 0.2) is 0 Å². The number of hydrogen-bond donors (Lipinski definition) is 1. The van der Waals surface area contributed by atoms with Crippen LogP contribution in [0.2, 0.25) is 0 Å². The predicted molar refractivity (Wildman–Crippen MR) is 80.2 cm³/mol. The monoisotopic (exact) mass is 291 g/mol. The minimum Gasteiger partial charge on any atom is -0.468 e. The summed E-state index contributed by atoms with van der Waals surface area (Å²) in [5.41, 5.74) is 2.65. The van der Waals surface area contributed by atoms with Crippen LogP contribution in [0.3, 0.4) is 0 Å². The molecule has 1 aromatic heterocycles. The van der Waals surface area contributed by atoms with Crippen molar-refractivity contribution in [2.24, 2.45) is 0 Å². The Morgan fingerprint density at radius 1 is 1.43 bits per heavy atom. The van der Waals surface area contributed by atoms with E-state index < -0.39 is 0 Å². The maximum absolute atomic E-state index is 11.9. The van der Waals surface area contributed by atoms with Crippen molar-refractivity contribution >= 4 is 5.97 Å². The quantitative estimate of drug-likeness (QED) is 0.811. The topological polar surface area (TPSA) is 56.2 Å². The lowest BCUT2D eigenvalue weighted by Gasteiger charge is -2.19. The molecule has 0 radical (unpaired) electrons. The number of methoxy groups -OCH3 is 1. The Bertz CT molecular complexity index is 520. The first kappa shape index (κ1) is 14.6. The first-order valence-corrected chi connectivity index (χ1v) is 8.08. The van der Waals surface area contributed by atoms with Gasteiger partial charge < -0.3 is 14.6 Å². The number of carbonyl (C=O) groups is 1. The average Bonchev–Trinajstić information content (AvgIpc) is 3.25. The highest BCUT2D eigenvalue weighted by molar-refractivity contribution is 5.75. The zero-order chi connectivity index (χ0) is 14.8. The Hall–Kier alpha value is -1.36. The lowest BCUT2D eigenvalue weighted by atomic mass is 10.0. The van der Waals surface area contributed by atoms with Crippen LogP contribution in [0.5, 0.6) is 0 Å². The van der Waals surface area contributed by atoms with Crippen LogP contribution in [0.4, 0.5) is 0 Å². The van der Waals surface area contributed by atoms with Gasteiger partial charge in [0.1, 0.15) is 11.9 Å². The standard InChI is InChI=1S/C16H25N3O2/c1-11-17-13-5-3-4-6-15(13)19(11)10-9-14(16(20)21-2)18-12-7-8-12/h12,14,18H,3-10H2,1-2H3. The molecule has 0 spiro atoms. The number of aromatic nitrogens is 2. The second-order valence-corrected chi connectivity index (χ2v) is 6.22. The molecule has 1 saturated carbocycles. The number of ether oxygens (including phenoxy) is 1. The molecule has 5 heteroatoms. The maximum atomic E-state index is 11.9. The summed E-state index contributed by atoms with van der Waals surface area (Å²) in [5.74, 6) is 0.936. The summed E-state index contributed by atoms with van der Waals surface area (Å²) in [6.07, 6.45) is 7.84. The molecule has 0 amide bonds. The smallest absolute Gasteiger partial charge is 0.322 e.